The summed E-state index contributed by atoms with van der Waals surface area (Å²) in [6, 6.07) is 6.63. The smallest absolute Gasteiger partial charge is 0.410 e. The van der Waals surface area contributed by atoms with E-state index in [4.69, 9.17) is 9.47 Å². The van der Waals surface area contributed by atoms with Gasteiger partial charge in [-0.15, -0.1) is 0 Å². The minimum absolute atomic E-state index is 0.266. The summed E-state index contributed by atoms with van der Waals surface area (Å²) in [6.07, 6.45) is 3.62. The lowest BCUT2D eigenvalue weighted by molar-refractivity contribution is -0.126. The molecule has 1 unspecified atom stereocenters. The fraction of sp³-hybridized carbons (Fsp3) is 0.522. The Balaban J connectivity index is 1.85. The van der Waals surface area contributed by atoms with E-state index in [0.717, 1.165) is 12.8 Å². The molecule has 1 atom stereocenters. The molecule has 160 valence electrons. The van der Waals surface area contributed by atoms with Gasteiger partial charge in [-0.05, 0) is 78.2 Å². The molecular weight excluding hydrogens is 382 g/mol. The van der Waals surface area contributed by atoms with E-state index in [-0.39, 0.29) is 5.91 Å². The molecule has 1 saturated heterocycles. The summed E-state index contributed by atoms with van der Waals surface area (Å²) >= 11 is 0. The minimum atomic E-state index is -0.630. The van der Waals surface area contributed by atoms with E-state index in [1.807, 2.05) is 40.7 Å². The summed E-state index contributed by atoms with van der Waals surface area (Å²) in [5.41, 5.74) is 0.459. The number of nitrogens with zero attached hydrogens (tertiary/aromatic N) is 2. The average molecular weight is 412 g/mol. The molecule has 1 N–H and O–H groups in total. The first kappa shape index (κ1) is 21.7. The van der Waals surface area contributed by atoms with Crippen molar-refractivity contribution in [3.63, 3.8) is 0 Å². The van der Waals surface area contributed by atoms with Gasteiger partial charge in [0.05, 0.1) is 17.3 Å². The number of hydrogen-bond donors (Lipinski definition) is 1. The van der Waals surface area contributed by atoms with Crippen LogP contribution in [0.15, 0.2) is 24.3 Å². The number of ether oxygens (including phenoxy) is 2. The molecule has 0 spiro atoms. The maximum Gasteiger partial charge on any atom is 0.410 e. The molecular formula is C23H29N3O4. The minimum Gasteiger partial charge on any atom is -0.483 e. The zero-order valence-electron chi connectivity index (χ0n) is 18.2. The Morgan fingerprint density at radius 1 is 1.30 bits per heavy atom. The number of likely N-dealkylation sites (tertiary alicyclic amines) is 1. The van der Waals surface area contributed by atoms with Crippen LogP contribution in [0.4, 0.5) is 4.79 Å². The highest BCUT2D eigenvalue weighted by molar-refractivity contribution is 5.93. The van der Waals surface area contributed by atoms with Crippen molar-refractivity contribution in [2.24, 2.45) is 0 Å². The van der Waals surface area contributed by atoms with Crippen LogP contribution in [0.3, 0.4) is 0 Å². The molecule has 30 heavy (non-hydrogen) atoms. The second-order valence-corrected chi connectivity index (χ2v) is 9.26. The number of fused-ring (bicyclic) bond motifs is 1. The highest BCUT2D eigenvalue weighted by Crippen LogP contribution is 2.35. The second kappa shape index (κ2) is 8.02. The van der Waals surface area contributed by atoms with E-state index < -0.39 is 23.3 Å². The third-order valence-corrected chi connectivity index (χ3v) is 4.96. The Morgan fingerprint density at radius 3 is 2.70 bits per heavy atom. The van der Waals surface area contributed by atoms with Gasteiger partial charge in [0, 0.05) is 12.1 Å². The normalized spacial score (nSPS) is 20.2. The van der Waals surface area contributed by atoms with Crippen LogP contribution in [0.25, 0.3) is 5.70 Å². The van der Waals surface area contributed by atoms with E-state index in [2.05, 4.69) is 11.4 Å². The van der Waals surface area contributed by atoms with Gasteiger partial charge in [0.2, 0.25) is 5.91 Å². The molecule has 3 rings (SSSR count). The molecule has 2 aliphatic rings. The van der Waals surface area contributed by atoms with Crippen LogP contribution in [0.5, 0.6) is 5.75 Å². The topological polar surface area (TPSA) is 91.7 Å². The Bertz CT molecular complexity index is 921. The molecule has 0 radical (unpaired) electrons. The predicted octanol–water partition coefficient (Wildman–Crippen LogP) is 3.98. The summed E-state index contributed by atoms with van der Waals surface area (Å²) in [7, 11) is 0. The Labute approximate surface area is 177 Å². The highest BCUT2D eigenvalue weighted by Gasteiger charge is 2.36. The highest BCUT2D eigenvalue weighted by atomic mass is 16.6. The lowest BCUT2D eigenvalue weighted by atomic mass is 9.96. The molecule has 2 heterocycles. The number of carbonyl (C=O) groups excluding carboxylic acids is 2. The summed E-state index contributed by atoms with van der Waals surface area (Å²) in [4.78, 5) is 27.4. The van der Waals surface area contributed by atoms with Gasteiger partial charge in [-0.1, -0.05) is 0 Å². The standard InChI is InChI=1S/C23H29N3O4/c1-22(2,3)30-21(28)26-11-7-6-8-18(26)20(27)25-17-13-23(4,5)29-19-10-9-15(14-24)12-16(17)19/h9-10,12-13,18H,6-8,11H2,1-5H3,(H,25,27). The van der Waals surface area contributed by atoms with Crippen LogP contribution in [0.2, 0.25) is 0 Å². The average Bonchev–Trinajstić information content (AvgIpc) is 2.65. The zero-order chi connectivity index (χ0) is 22.1. The molecule has 7 nitrogen and oxygen atoms in total. The first-order chi connectivity index (χ1) is 14.0. The van der Waals surface area contributed by atoms with Crippen molar-refractivity contribution in [1.82, 2.24) is 10.2 Å². The molecule has 2 amide bonds. The number of piperidine rings is 1. The largest absolute Gasteiger partial charge is 0.483 e. The summed E-state index contributed by atoms with van der Waals surface area (Å²) in [5, 5.41) is 12.2. The number of benzene rings is 1. The van der Waals surface area contributed by atoms with Gasteiger partial charge in [0.15, 0.2) is 0 Å². The molecule has 7 heteroatoms. The van der Waals surface area contributed by atoms with E-state index in [1.54, 1.807) is 18.2 Å². The fourth-order valence-electron chi connectivity index (χ4n) is 3.70. The van der Waals surface area contributed by atoms with E-state index in [1.165, 1.54) is 4.90 Å². The number of carbonyl (C=O) groups is 2. The first-order valence-corrected chi connectivity index (χ1v) is 10.3. The zero-order valence-corrected chi connectivity index (χ0v) is 18.2. The molecule has 2 aliphatic heterocycles. The molecule has 0 aliphatic carbocycles. The van der Waals surface area contributed by atoms with Crippen molar-refractivity contribution in [3.8, 4) is 11.8 Å². The lowest BCUT2D eigenvalue weighted by Crippen LogP contribution is -2.53. The maximum atomic E-state index is 13.2. The van der Waals surface area contributed by atoms with Gasteiger partial charge in [-0.3, -0.25) is 9.69 Å². The third-order valence-electron chi connectivity index (χ3n) is 4.96. The van der Waals surface area contributed by atoms with Crippen molar-refractivity contribution in [2.45, 2.75) is 71.1 Å². The van der Waals surface area contributed by atoms with Crippen LogP contribution in [-0.4, -0.2) is 40.7 Å². The Morgan fingerprint density at radius 2 is 2.03 bits per heavy atom. The Kier molecular flexibility index (Phi) is 5.80. The number of nitriles is 1. The SMILES string of the molecule is CC(C)(C)OC(=O)N1CCCCC1C(=O)NC1=CC(C)(C)Oc2ccc(C#N)cc21. The van der Waals surface area contributed by atoms with Crippen molar-refractivity contribution < 1.29 is 19.1 Å². The van der Waals surface area contributed by atoms with Gasteiger partial charge >= 0.3 is 6.09 Å². The molecule has 1 aromatic rings. The molecule has 1 fully saturated rings. The predicted molar refractivity (Wildman–Crippen MR) is 113 cm³/mol. The third kappa shape index (κ3) is 4.93. The summed E-state index contributed by atoms with van der Waals surface area (Å²) in [5.74, 6) is 0.335. The van der Waals surface area contributed by atoms with Crippen molar-refractivity contribution in [3.05, 3.63) is 35.4 Å². The number of amides is 2. The van der Waals surface area contributed by atoms with Crippen molar-refractivity contribution in [1.29, 1.82) is 5.26 Å². The number of rotatable bonds is 2. The number of hydrogen-bond acceptors (Lipinski definition) is 5. The van der Waals surface area contributed by atoms with Gasteiger partial charge in [-0.25, -0.2) is 4.79 Å². The first-order valence-electron chi connectivity index (χ1n) is 10.3. The molecule has 0 bridgehead atoms. The maximum absolute atomic E-state index is 13.2. The fourth-order valence-corrected chi connectivity index (χ4v) is 3.70. The van der Waals surface area contributed by atoms with Gasteiger partial charge < -0.3 is 14.8 Å². The van der Waals surface area contributed by atoms with E-state index in [0.29, 0.717) is 35.5 Å². The van der Waals surface area contributed by atoms with Crippen LogP contribution < -0.4 is 10.1 Å². The van der Waals surface area contributed by atoms with Gasteiger partial charge in [-0.2, -0.15) is 5.26 Å². The molecule has 0 aromatic heterocycles. The lowest BCUT2D eigenvalue weighted by Gasteiger charge is -2.37. The van der Waals surface area contributed by atoms with Crippen molar-refractivity contribution >= 4 is 17.7 Å². The van der Waals surface area contributed by atoms with Crippen LogP contribution in [0.1, 0.15) is 65.0 Å². The quantitative estimate of drug-likeness (QED) is 0.795. The summed E-state index contributed by atoms with van der Waals surface area (Å²) in [6.45, 7) is 9.70. The van der Waals surface area contributed by atoms with E-state index in [9.17, 15) is 14.9 Å². The van der Waals surface area contributed by atoms with Crippen molar-refractivity contribution in [2.75, 3.05) is 6.54 Å². The molecule has 1 aromatic carbocycles. The van der Waals surface area contributed by atoms with Crippen LogP contribution in [0, 0.1) is 11.3 Å². The van der Waals surface area contributed by atoms with Gasteiger partial charge in [0.1, 0.15) is 23.0 Å². The monoisotopic (exact) mass is 411 g/mol. The van der Waals surface area contributed by atoms with Crippen LogP contribution in [-0.2, 0) is 9.53 Å². The molecule has 0 saturated carbocycles. The Hall–Kier alpha value is -3.01. The number of nitrogens with one attached hydrogen (secondary N) is 1. The van der Waals surface area contributed by atoms with E-state index >= 15 is 0 Å². The summed E-state index contributed by atoms with van der Waals surface area (Å²) < 4.78 is 11.5. The second-order valence-electron chi connectivity index (χ2n) is 9.26. The van der Waals surface area contributed by atoms with Crippen LogP contribution >= 0.6 is 0 Å². The van der Waals surface area contributed by atoms with Gasteiger partial charge in [0.25, 0.3) is 0 Å².